The number of nitrogens with one attached hydrogen (secondary N) is 1. The lowest BCUT2D eigenvalue weighted by molar-refractivity contribution is 0.0958. The van der Waals surface area contributed by atoms with E-state index in [1.807, 2.05) is 37.3 Å². The zero-order valence-electron chi connectivity index (χ0n) is 12.3. The van der Waals surface area contributed by atoms with Gasteiger partial charge in [-0.1, -0.05) is 6.07 Å². The summed E-state index contributed by atoms with van der Waals surface area (Å²) in [6.45, 7) is 1.96. The number of rotatable bonds is 3. The van der Waals surface area contributed by atoms with Gasteiger partial charge >= 0.3 is 0 Å². The van der Waals surface area contributed by atoms with Gasteiger partial charge in [0.25, 0.3) is 5.91 Å². The molecule has 0 saturated heterocycles. The average Bonchev–Trinajstić information content (AvgIpc) is 2.54. The van der Waals surface area contributed by atoms with E-state index in [1.54, 1.807) is 25.4 Å². The predicted octanol–water partition coefficient (Wildman–Crippen LogP) is 3.34. The van der Waals surface area contributed by atoms with E-state index in [2.05, 4.69) is 15.3 Å². The van der Waals surface area contributed by atoms with Crippen LogP contribution in [0, 0.1) is 6.92 Å². The fraction of sp³-hybridized carbons (Fsp3) is 0.118. The van der Waals surface area contributed by atoms with Crippen molar-refractivity contribution in [3.05, 3.63) is 60.0 Å². The van der Waals surface area contributed by atoms with Gasteiger partial charge in [-0.25, -0.2) is 0 Å². The maximum atomic E-state index is 11.6. The molecule has 22 heavy (non-hydrogen) atoms. The van der Waals surface area contributed by atoms with Crippen LogP contribution in [-0.4, -0.2) is 22.9 Å². The molecule has 5 heteroatoms. The third-order valence-corrected chi connectivity index (χ3v) is 3.23. The van der Waals surface area contributed by atoms with Crippen LogP contribution in [0.5, 0.6) is 11.5 Å². The van der Waals surface area contributed by atoms with Gasteiger partial charge in [-0.2, -0.15) is 0 Å². The summed E-state index contributed by atoms with van der Waals surface area (Å²) < 4.78 is 5.80. The summed E-state index contributed by atoms with van der Waals surface area (Å²) in [5.41, 5.74) is 2.22. The highest BCUT2D eigenvalue weighted by Crippen LogP contribution is 2.25. The molecule has 3 aromatic rings. The van der Waals surface area contributed by atoms with Crippen LogP contribution in [0.4, 0.5) is 0 Å². The first-order valence-electron chi connectivity index (χ1n) is 6.89. The molecule has 0 aliphatic heterocycles. The second kappa shape index (κ2) is 5.81. The van der Waals surface area contributed by atoms with Gasteiger partial charge in [-0.05, 0) is 37.3 Å². The van der Waals surface area contributed by atoms with Crippen molar-refractivity contribution >= 4 is 16.8 Å². The molecule has 0 unspecified atom stereocenters. The standard InChI is InChI=1S/C17H15N3O2.H2/c1-11-3-4-12-9-13(5-6-15(12)20-11)22-14-7-8-19-16(10-14)17(21)18-2;/h3-10H,1-2H3,(H,18,21);1H. The second-order valence-corrected chi connectivity index (χ2v) is 4.87. The monoisotopic (exact) mass is 295 g/mol. The van der Waals surface area contributed by atoms with Crippen LogP contribution in [0.2, 0.25) is 0 Å². The second-order valence-electron chi connectivity index (χ2n) is 4.87. The Balaban J connectivity index is 0.00000192. The Morgan fingerprint density at radius 3 is 2.77 bits per heavy atom. The number of carbonyl (C=O) groups is 1. The highest BCUT2D eigenvalue weighted by Gasteiger charge is 2.07. The number of aryl methyl sites for hydroxylation is 1. The predicted molar refractivity (Wildman–Crippen MR) is 86.3 cm³/mol. The lowest BCUT2D eigenvalue weighted by atomic mass is 10.2. The van der Waals surface area contributed by atoms with E-state index in [-0.39, 0.29) is 7.33 Å². The van der Waals surface area contributed by atoms with Crippen molar-refractivity contribution < 1.29 is 11.0 Å². The van der Waals surface area contributed by atoms with E-state index >= 15 is 0 Å². The summed E-state index contributed by atoms with van der Waals surface area (Å²) in [4.78, 5) is 20.1. The molecular formula is C17H17N3O2. The molecule has 0 bridgehead atoms. The van der Waals surface area contributed by atoms with Crippen LogP contribution in [0.1, 0.15) is 17.6 Å². The summed E-state index contributed by atoms with van der Waals surface area (Å²) >= 11 is 0. The number of fused-ring (bicyclic) bond motifs is 1. The van der Waals surface area contributed by atoms with Crippen LogP contribution >= 0.6 is 0 Å². The van der Waals surface area contributed by atoms with Crippen molar-refractivity contribution in [2.75, 3.05) is 7.05 Å². The first-order valence-corrected chi connectivity index (χ1v) is 6.89. The Bertz CT molecular complexity index is 852. The van der Waals surface area contributed by atoms with E-state index < -0.39 is 0 Å². The summed E-state index contributed by atoms with van der Waals surface area (Å²) in [5, 5.41) is 3.54. The van der Waals surface area contributed by atoms with Crippen LogP contribution in [-0.2, 0) is 0 Å². The van der Waals surface area contributed by atoms with Crippen molar-refractivity contribution in [1.29, 1.82) is 0 Å². The SMILES string of the molecule is CNC(=O)c1cc(Oc2ccc3nc(C)ccc3c2)ccn1.[HH]. The molecule has 5 nitrogen and oxygen atoms in total. The Hall–Kier alpha value is -2.95. The van der Waals surface area contributed by atoms with Gasteiger partial charge in [-0.3, -0.25) is 14.8 Å². The number of hydrogen-bond donors (Lipinski definition) is 1. The molecule has 0 saturated carbocycles. The summed E-state index contributed by atoms with van der Waals surface area (Å²) in [6.07, 6.45) is 1.55. The van der Waals surface area contributed by atoms with Gasteiger partial charge in [0.15, 0.2) is 0 Å². The first-order chi connectivity index (χ1) is 10.7. The average molecular weight is 295 g/mol. The molecule has 1 amide bonds. The fourth-order valence-corrected chi connectivity index (χ4v) is 2.13. The van der Waals surface area contributed by atoms with Crippen molar-refractivity contribution in [3.8, 4) is 11.5 Å². The molecule has 2 aromatic heterocycles. The number of ether oxygens (including phenoxy) is 1. The molecule has 1 N–H and O–H groups in total. The molecule has 1 aromatic carbocycles. The molecule has 0 spiro atoms. The fourth-order valence-electron chi connectivity index (χ4n) is 2.13. The Labute approximate surface area is 129 Å². The third-order valence-electron chi connectivity index (χ3n) is 3.23. The lowest BCUT2D eigenvalue weighted by Gasteiger charge is -2.08. The number of hydrogen-bond acceptors (Lipinski definition) is 4. The van der Waals surface area contributed by atoms with E-state index in [4.69, 9.17) is 4.74 Å². The van der Waals surface area contributed by atoms with Crippen molar-refractivity contribution in [3.63, 3.8) is 0 Å². The lowest BCUT2D eigenvalue weighted by Crippen LogP contribution is -2.18. The zero-order valence-corrected chi connectivity index (χ0v) is 12.3. The Morgan fingerprint density at radius 2 is 1.95 bits per heavy atom. The van der Waals surface area contributed by atoms with Gasteiger partial charge in [0.1, 0.15) is 17.2 Å². The van der Waals surface area contributed by atoms with Crippen LogP contribution < -0.4 is 10.1 Å². The van der Waals surface area contributed by atoms with Crippen molar-refractivity contribution in [2.24, 2.45) is 0 Å². The van der Waals surface area contributed by atoms with Gasteiger partial charge < -0.3 is 10.1 Å². The van der Waals surface area contributed by atoms with Crippen LogP contribution in [0.25, 0.3) is 10.9 Å². The Kier molecular flexibility index (Phi) is 3.70. The molecule has 0 aliphatic rings. The third kappa shape index (κ3) is 2.88. The smallest absolute Gasteiger partial charge is 0.269 e. The van der Waals surface area contributed by atoms with Gasteiger partial charge in [-0.15, -0.1) is 0 Å². The van der Waals surface area contributed by atoms with Gasteiger partial charge in [0.2, 0.25) is 0 Å². The Morgan fingerprint density at radius 1 is 1.14 bits per heavy atom. The number of pyridine rings is 2. The quantitative estimate of drug-likeness (QED) is 0.805. The number of nitrogens with zero attached hydrogens (tertiary/aromatic N) is 2. The summed E-state index contributed by atoms with van der Waals surface area (Å²) in [6, 6.07) is 13.0. The number of aromatic nitrogens is 2. The first kappa shape index (κ1) is 14.0. The topological polar surface area (TPSA) is 64.1 Å². The van der Waals surface area contributed by atoms with E-state index in [0.29, 0.717) is 17.2 Å². The molecule has 0 radical (unpaired) electrons. The number of amides is 1. The molecule has 0 atom stereocenters. The highest BCUT2D eigenvalue weighted by atomic mass is 16.5. The van der Waals surface area contributed by atoms with Crippen LogP contribution in [0.3, 0.4) is 0 Å². The highest BCUT2D eigenvalue weighted by molar-refractivity contribution is 5.92. The molecule has 112 valence electrons. The molecular weight excluding hydrogens is 278 g/mol. The normalized spacial score (nSPS) is 10.5. The zero-order chi connectivity index (χ0) is 15.5. The minimum absolute atomic E-state index is 0. The molecule has 2 heterocycles. The van der Waals surface area contributed by atoms with E-state index in [9.17, 15) is 4.79 Å². The number of benzene rings is 1. The van der Waals surface area contributed by atoms with E-state index in [0.717, 1.165) is 16.6 Å². The minimum atomic E-state index is -0.247. The van der Waals surface area contributed by atoms with Gasteiger partial charge in [0.05, 0.1) is 5.52 Å². The van der Waals surface area contributed by atoms with Crippen molar-refractivity contribution in [2.45, 2.75) is 6.92 Å². The molecule has 0 aliphatic carbocycles. The van der Waals surface area contributed by atoms with Crippen molar-refractivity contribution in [1.82, 2.24) is 15.3 Å². The maximum absolute atomic E-state index is 11.6. The van der Waals surface area contributed by atoms with E-state index in [1.165, 1.54) is 0 Å². The molecule has 3 rings (SSSR count). The minimum Gasteiger partial charge on any atom is -0.457 e. The summed E-state index contributed by atoms with van der Waals surface area (Å²) in [5.74, 6) is 1.00. The number of carbonyl (C=O) groups excluding carboxylic acids is 1. The molecule has 0 fully saturated rings. The van der Waals surface area contributed by atoms with Gasteiger partial charge in [0, 0.05) is 31.8 Å². The van der Waals surface area contributed by atoms with Crippen LogP contribution in [0.15, 0.2) is 48.7 Å². The maximum Gasteiger partial charge on any atom is 0.269 e. The largest absolute Gasteiger partial charge is 0.457 e. The summed E-state index contributed by atoms with van der Waals surface area (Å²) in [7, 11) is 1.57.